The fraction of sp³-hybridized carbons (Fsp3) is 0.0465. The second-order valence-electron chi connectivity index (χ2n) is 11.5. The zero-order valence-corrected chi connectivity index (χ0v) is 25.4. The normalized spacial score (nSPS) is 13.0. The lowest BCUT2D eigenvalue weighted by Crippen LogP contribution is -2.24. The highest BCUT2D eigenvalue weighted by atomic mass is 14.8. The van der Waals surface area contributed by atoms with Crippen molar-refractivity contribution in [2.45, 2.75) is 12.8 Å². The Morgan fingerprint density at radius 1 is 0.630 bits per heavy atom. The van der Waals surface area contributed by atoms with E-state index in [0.29, 0.717) is 0 Å². The largest absolute Gasteiger partial charge is 0.254 e. The lowest BCUT2D eigenvalue weighted by molar-refractivity contribution is 1.19. The predicted molar refractivity (Wildman–Crippen MR) is 193 cm³/mol. The monoisotopic (exact) mass is 587 g/mol. The quantitative estimate of drug-likeness (QED) is 0.153. The third-order valence-electron chi connectivity index (χ3n) is 8.81. The number of fused-ring (bicyclic) bond motifs is 5. The molecule has 216 valence electrons. The molecule has 0 amide bonds. The van der Waals surface area contributed by atoms with Gasteiger partial charge in [0.05, 0.1) is 33.9 Å². The molecule has 0 bridgehead atoms. The first-order valence-corrected chi connectivity index (χ1v) is 15.5. The molecule has 3 heteroatoms. The van der Waals surface area contributed by atoms with Gasteiger partial charge >= 0.3 is 0 Å². The van der Waals surface area contributed by atoms with Gasteiger partial charge in [-0.2, -0.15) is 0 Å². The number of rotatable bonds is 4. The standard InChI is InChI=1S/C43H29N3/c1-3-28-11-5-7-14-32(28)25-29(4-2)35-23-24-44-42-36(35)20-21-37-38(40-22-19-31-13-9-10-16-39(31)45-40)27-41(46-43(37)42)34-18-17-30-12-6-8-15-33(30)26-34/h2-3,5-27,29H,1H3/b28-3-,32-25-. The Bertz CT molecular complexity index is 2630. The molecule has 0 radical (unpaired) electrons. The molecule has 0 N–H and O–H groups in total. The van der Waals surface area contributed by atoms with Gasteiger partial charge in [0, 0.05) is 33.5 Å². The van der Waals surface area contributed by atoms with Crippen molar-refractivity contribution in [3.05, 3.63) is 150 Å². The van der Waals surface area contributed by atoms with E-state index >= 15 is 0 Å². The fourth-order valence-electron chi connectivity index (χ4n) is 6.45. The molecule has 0 fully saturated rings. The summed E-state index contributed by atoms with van der Waals surface area (Å²) in [5.41, 5.74) is 7.45. The number of hydrogen-bond donors (Lipinski definition) is 0. The molecule has 8 aromatic rings. The molecule has 0 aliphatic heterocycles. The average Bonchev–Trinajstić information content (AvgIpc) is 3.12. The van der Waals surface area contributed by atoms with E-state index in [4.69, 9.17) is 21.4 Å². The molecule has 1 unspecified atom stereocenters. The first kappa shape index (κ1) is 27.4. The van der Waals surface area contributed by atoms with Crippen LogP contribution in [-0.2, 0) is 0 Å². The molecule has 3 nitrogen and oxygen atoms in total. The molecule has 8 rings (SSSR count). The topological polar surface area (TPSA) is 38.7 Å². The SMILES string of the molecule is C#CC(/C=c1/cccc/c1=C/C)c1ccnc2c1ccc1c(-c3ccc4ccccc4n3)cc(-c3ccc4ccccc4c3)nc12. The number of para-hydroxylation sites is 1. The van der Waals surface area contributed by atoms with Crippen LogP contribution in [0.5, 0.6) is 0 Å². The third kappa shape index (κ3) is 4.78. The Kier molecular flexibility index (Phi) is 6.82. The zero-order chi connectivity index (χ0) is 31.0. The van der Waals surface area contributed by atoms with E-state index < -0.39 is 0 Å². The van der Waals surface area contributed by atoms with Crippen molar-refractivity contribution in [1.82, 2.24) is 15.0 Å². The second kappa shape index (κ2) is 11.4. The molecule has 46 heavy (non-hydrogen) atoms. The maximum absolute atomic E-state index is 6.20. The van der Waals surface area contributed by atoms with E-state index in [2.05, 4.69) is 115 Å². The van der Waals surface area contributed by atoms with Gasteiger partial charge in [-0.1, -0.05) is 115 Å². The number of aromatic nitrogens is 3. The van der Waals surface area contributed by atoms with Crippen LogP contribution in [0.3, 0.4) is 0 Å². The first-order chi connectivity index (χ1) is 22.7. The summed E-state index contributed by atoms with van der Waals surface area (Å²) in [7, 11) is 0. The van der Waals surface area contributed by atoms with Gasteiger partial charge < -0.3 is 0 Å². The molecule has 3 aromatic heterocycles. The van der Waals surface area contributed by atoms with E-state index in [9.17, 15) is 0 Å². The molecule has 5 aromatic carbocycles. The first-order valence-electron chi connectivity index (χ1n) is 15.5. The van der Waals surface area contributed by atoms with Crippen molar-refractivity contribution >= 4 is 55.6 Å². The van der Waals surface area contributed by atoms with E-state index in [-0.39, 0.29) is 5.92 Å². The molecular weight excluding hydrogens is 558 g/mol. The van der Waals surface area contributed by atoms with Crippen LogP contribution in [-0.4, -0.2) is 15.0 Å². The zero-order valence-electron chi connectivity index (χ0n) is 25.4. The van der Waals surface area contributed by atoms with Crippen molar-refractivity contribution in [3.8, 4) is 34.9 Å². The summed E-state index contributed by atoms with van der Waals surface area (Å²) in [6.45, 7) is 2.05. The van der Waals surface area contributed by atoms with Gasteiger partial charge in [0.15, 0.2) is 0 Å². The number of hydrogen-bond acceptors (Lipinski definition) is 3. The van der Waals surface area contributed by atoms with Crippen molar-refractivity contribution in [2.24, 2.45) is 0 Å². The highest BCUT2D eigenvalue weighted by Crippen LogP contribution is 2.37. The number of benzene rings is 5. The van der Waals surface area contributed by atoms with Crippen molar-refractivity contribution in [2.75, 3.05) is 0 Å². The molecule has 0 saturated heterocycles. The van der Waals surface area contributed by atoms with E-state index in [0.717, 1.165) is 71.2 Å². The van der Waals surface area contributed by atoms with Gasteiger partial charge in [-0.15, -0.1) is 6.42 Å². The van der Waals surface area contributed by atoms with Crippen LogP contribution in [0.1, 0.15) is 18.4 Å². The third-order valence-corrected chi connectivity index (χ3v) is 8.81. The van der Waals surface area contributed by atoms with Crippen LogP contribution < -0.4 is 10.4 Å². The van der Waals surface area contributed by atoms with E-state index in [1.165, 1.54) is 10.8 Å². The summed E-state index contributed by atoms with van der Waals surface area (Å²) >= 11 is 0. The van der Waals surface area contributed by atoms with Gasteiger partial charge in [-0.25, -0.2) is 9.97 Å². The van der Waals surface area contributed by atoms with Gasteiger partial charge in [0.1, 0.15) is 0 Å². The summed E-state index contributed by atoms with van der Waals surface area (Å²) < 4.78 is 0. The lowest BCUT2D eigenvalue weighted by atomic mass is 9.92. The van der Waals surface area contributed by atoms with Crippen molar-refractivity contribution < 1.29 is 0 Å². The summed E-state index contributed by atoms with van der Waals surface area (Å²) in [5.74, 6) is 2.80. The van der Waals surface area contributed by atoms with Crippen LogP contribution >= 0.6 is 0 Å². The van der Waals surface area contributed by atoms with Gasteiger partial charge in [-0.3, -0.25) is 4.98 Å². The summed E-state index contributed by atoms with van der Waals surface area (Å²) in [6, 6.07) is 44.1. The molecule has 3 heterocycles. The average molecular weight is 588 g/mol. The molecule has 0 saturated carbocycles. The number of pyridine rings is 3. The van der Waals surface area contributed by atoms with Crippen LogP contribution in [0.15, 0.2) is 134 Å². The minimum atomic E-state index is -0.241. The Hall–Kier alpha value is -6.11. The summed E-state index contributed by atoms with van der Waals surface area (Å²) in [4.78, 5) is 15.3. The molecule has 0 aliphatic carbocycles. The minimum absolute atomic E-state index is 0.241. The fourth-order valence-corrected chi connectivity index (χ4v) is 6.45. The van der Waals surface area contributed by atoms with E-state index in [1.54, 1.807) is 0 Å². The lowest BCUT2D eigenvalue weighted by Gasteiger charge is -2.15. The highest BCUT2D eigenvalue weighted by molar-refractivity contribution is 6.10. The highest BCUT2D eigenvalue weighted by Gasteiger charge is 2.17. The molecule has 1 atom stereocenters. The number of nitrogens with zero attached hydrogens (tertiary/aromatic N) is 3. The van der Waals surface area contributed by atoms with Gasteiger partial charge in [0.2, 0.25) is 0 Å². The van der Waals surface area contributed by atoms with Crippen molar-refractivity contribution in [3.63, 3.8) is 0 Å². The minimum Gasteiger partial charge on any atom is -0.254 e. The van der Waals surface area contributed by atoms with Crippen LogP contribution in [0, 0.1) is 12.3 Å². The van der Waals surface area contributed by atoms with Crippen molar-refractivity contribution in [1.29, 1.82) is 0 Å². The summed E-state index contributed by atoms with van der Waals surface area (Å²) in [5, 5.41) is 7.72. The van der Waals surface area contributed by atoms with Gasteiger partial charge in [0.25, 0.3) is 0 Å². The Balaban J connectivity index is 1.40. The molecule has 0 spiro atoms. The Morgan fingerprint density at radius 2 is 1.37 bits per heavy atom. The van der Waals surface area contributed by atoms with Gasteiger partial charge in [-0.05, 0) is 64.0 Å². The maximum atomic E-state index is 6.20. The van der Waals surface area contributed by atoms with Crippen LogP contribution in [0.4, 0.5) is 0 Å². The number of terminal acetylenes is 1. The molecule has 0 aliphatic rings. The predicted octanol–water partition coefficient (Wildman–Crippen LogP) is 8.82. The van der Waals surface area contributed by atoms with Crippen LogP contribution in [0.25, 0.3) is 78.1 Å². The Labute approximate surface area is 267 Å². The Morgan fingerprint density at radius 3 is 2.22 bits per heavy atom. The maximum Gasteiger partial charge on any atom is 0.0979 e. The smallest absolute Gasteiger partial charge is 0.0979 e. The molecular formula is C43H29N3. The van der Waals surface area contributed by atoms with E-state index in [1.807, 2.05) is 43.5 Å². The van der Waals surface area contributed by atoms with Crippen LogP contribution in [0.2, 0.25) is 0 Å². The second-order valence-corrected chi connectivity index (χ2v) is 11.5. The summed E-state index contributed by atoms with van der Waals surface area (Å²) in [6.07, 6.45) is 12.3.